The summed E-state index contributed by atoms with van der Waals surface area (Å²) in [6.07, 6.45) is 1.04. The molecule has 1 saturated heterocycles. The summed E-state index contributed by atoms with van der Waals surface area (Å²) >= 11 is 0. The van der Waals surface area contributed by atoms with Gasteiger partial charge in [-0.2, -0.15) is 5.26 Å². The Morgan fingerprint density at radius 3 is 1.77 bits per heavy atom. The van der Waals surface area contributed by atoms with Crippen molar-refractivity contribution in [1.82, 2.24) is 9.80 Å². The van der Waals surface area contributed by atoms with Gasteiger partial charge in [0.15, 0.2) is 23.0 Å². The van der Waals surface area contributed by atoms with Crippen LogP contribution in [0.4, 0.5) is 0 Å². The largest absolute Gasteiger partial charge is 0.496 e. The average molecular weight is 658 g/mol. The highest BCUT2D eigenvalue weighted by Gasteiger charge is 2.57. The zero-order valence-electron chi connectivity index (χ0n) is 29.0. The molecule has 0 saturated carbocycles. The molecule has 3 aromatic rings. The van der Waals surface area contributed by atoms with Gasteiger partial charge >= 0.3 is 5.97 Å². The number of ether oxygens (including phenoxy) is 7. The van der Waals surface area contributed by atoms with Crippen LogP contribution in [0.2, 0.25) is 0 Å². The van der Waals surface area contributed by atoms with Crippen LogP contribution in [0.5, 0.6) is 34.5 Å². The number of likely N-dealkylation sites (N-methyl/N-ethyl adjacent to an activating group) is 1. The highest BCUT2D eigenvalue weighted by molar-refractivity contribution is 5.89. The number of nitriles is 1. The maximum atomic E-state index is 13.4. The van der Waals surface area contributed by atoms with Crippen molar-refractivity contribution in [3.63, 3.8) is 0 Å². The van der Waals surface area contributed by atoms with Gasteiger partial charge < -0.3 is 33.2 Å². The molecule has 11 heteroatoms. The molecule has 0 N–H and O–H groups in total. The SMILES string of the molecule is COc1c(C)c(OC)c(OC)c2c1C[C@H]1[C@H](C#N)N3[C@H](COC(=O)c4ccccc4)c4c(c(OC)c(C)c(OC)c4OC)C[C@H]3[C@@H]2N1C. The zero-order chi connectivity index (χ0) is 34.4. The summed E-state index contributed by atoms with van der Waals surface area (Å²) in [5, 5.41) is 11.0. The van der Waals surface area contributed by atoms with Gasteiger partial charge in [0.1, 0.15) is 24.1 Å². The molecule has 3 aliphatic heterocycles. The van der Waals surface area contributed by atoms with Crippen molar-refractivity contribution >= 4 is 5.97 Å². The Morgan fingerprint density at radius 1 is 0.750 bits per heavy atom. The maximum Gasteiger partial charge on any atom is 0.338 e. The molecular formula is C37H43N3O8. The molecule has 0 spiro atoms. The van der Waals surface area contributed by atoms with Crippen LogP contribution in [0.25, 0.3) is 0 Å². The average Bonchev–Trinajstić information content (AvgIpc) is 3.10. The van der Waals surface area contributed by atoms with E-state index in [0.29, 0.717) is 47.2 Å². The van der Waals surface area contributed by atoms with Crippen LogP contribution in [0, 0.1) is 25.2 Å². The Morgan fingerprint density at radius 2 is 1.25 bits per heavy atom. The lowest BCUT2D eigenvalue weighted by atomic mass is 9.71. The van der Waals surface area contributed by atoms with Gasteiger partial charge in [-0.15, -0.1) is 0 Å². The summed E-state index contributed by atoms with van der Waals surface area (Å²) in [5.41, 5.74) is 5.74. The molecule has 3 aliphatic rings. The van der Waals surface area contributed by atoms with Gasteiger partial charge in [-0.05, 0) is 45.9 Å². The first-order chi connectivity index (χ1) is 23.2. The summed E-state index contributed by atoms with van der Waals surface area (Å²) in [5.74, 6) is 3.27. The number of hydrogen-bond donors (Lipinski definition) is 0. The Kier molecular flexibility index (Phi) is 9.07. The van der Waals surface area contributed by atoms with Crippen LogP contribution in [0.1, 0.15) is 55.8 Å². The Balaban J connectivity index is 1.62. The van der Waals surface area contributed by atoms with E-state index in [0.717, 1.165) is 39.1 Å². The van der Waals surface area contributed by atoms with Gasteiger partial charge in [0, 0.05) is 45.5 Å². The van der Waals surface area contributed by atoms with E-state index >= 15 is 0 Å². The molecular weight excluding hydrogens is 614 g/mol. The van der Waals surface area contributed by atoms with E-state index < -0.39 is 18.1 Å². The lowest BCUT2D eigenvalue weighted by Crippen LogP contribution is -2.68. The van der Waals surface area contributed by atoms with Crippen LogP contribution in [-0.2, 0) is 17.6 Å². The van der Waals surface area contributed by atoms with E-state index in [1.165, 1.54) is 0 Å². The first kappa shape index (κ1) is 33.2. The predicted molar refractivity (Wildman–Crippen MR) is 178 cm³/mol. The topological polar surface area (TPSA) is 112 Å². The van der Waals surface area contributed by atoms with Gasteiger partial charge in [-0.1, -0.05) is 18.2 Å². The van der Waals surface area contributed by atoms with Gasteiger partial charge in [0.2, 0.25) is 0 Å². The third kappa shape index (κ3) is 4.80. The second-order valence-electron chi connectivity index (χ2n) is 12.4. The van der Waals surface area contributed by atoms with Crippen molar-refractivity contribution in [2.75, 3.05) is 56.3 Å². The Labute approximate surface area is 281 Å². The van der Waals surface area contributed by atoms with E-state index in [-0.39, 0.29) is 24.7 Å². The van der Waals surface area contributed by atoms with Crippen molar-refractivity contribution in [2.45, 2.75) is 56.9 Å². The molecule has 5 atom stereocenters. The second kappa shape index (κ2) is 13.1. The molecule has 0 unspecified atom stereocenters. The summed E-state index contributed by atoms with van der Waals surface area (Å²) in [7, 11) is 11.9. The van der Waals surface area contributed by atoms with Crippen molar-refractivity contribution < 1.29 is 38.0 Å². The number of rotatable bonds is 9. The predicted octanol–water partition coefficient (Wildman–Crippen LogP) is 4.98. The number of hydrogen-bond acceptors (Lipinski definition) is 11. The standard InChI is InChI=1S/C37H43N3O8/c1-19-31(42-4)22-16-25-30-29-23(32(43-5)20(2)34(45-7)36(29)47-9)15-24(39(30)3)26(17-38)40(25)27(28(22)35(46-8)33(19)44-6)18-48-37(41)21-13-11-10-12-14-21/h10-14,24-27,30H,15-16,18H2,1-9H3/t24-,25-,26-,27+,30-/m0/s1. The number of benzene rings is 3. The van der Waals surface area contributed by atoms with E-state index in [1.807, 2.05) is 19.9 Å². The van der Waals surface area contributed by atoms with Crippen LogP contribution in [-0.4, -0.2) is 90.2 Å². The fourth-order valence-corrected chi connectivity index (χ4v) is 8.55. The van der Waals surface area contributed by atoms with Gasteiger partial charge in [0.05, 0.1) is 66.4 Å². The minimum atomic E-state index is -0.584. The molecule has 0 amide bonds. The molecule has 3 heterocycles. The smallest absolute Gasteiger partial charge is 0.338 e. The summed E-state index contributed by atoms with van der Waals surface area (Å²) in [6, 6.07) is 9.64. The Bertz CT molecular complexity index is 1770. The van der Waals surface area contributed by atoms with E-state index in [9.17, 15) is 10.1 Å². The number of methoxy groups -OCH3 is 6. The lowest BCUT2D eigenvalue weighted by Gasteiger charge is -2.60. The summed E-state index contributed by atoms with van der Waals surface area (Å²) in [4.78, 5) is 17.9. The number of esters is 1. The minimum absolute atomic E-state index is 0.0329. The number of piperazine rings is 1. The molecule has 0 radical (unpaired) electrons. The minimum Gasteiger partial charge on any atom is -0.496 e. The van der Waals surface area contributed by atoms with Crippen molar-refractivity contribution in [3.05, 3.63) is 69.3 Å². The van der Waals surface area contributed by atoms with Crippen LogP contribution >= 0.6 is 0 Å². The quantitative estimate of drug-likeness (QED) is 0.291. The molecule has 2 bridgehead atoms. The van der Waals surface area contributed by atoms with E-state index in [2.05, 4.69) is 22.9 Å². The van der Waals surface area contributed by atoms with E-state index in [4.69, 9.17) is 33.2 Å². The number of fused-ring (bicyclic) bond motifs is 7. The number of carbonyl (C=O) groups excluding carboxylic acids is 1. The summed E-state index contributed by atoms with van der Waals surface area (Å²) in [6.45, 7) is 3.87. The van der Waals surface area contributed by atoms with E-state index in [1.54, 1.807) is 66.9 Å². The van der Waals surface area contributed by atoms with Crippen molar-refractivity contribution in [1.29, 1.82) is 5.26 Å². The highest BCUT2D eigenvalue weighted by atomic mass is 16.5. The maximum absolute atomic E-state index is 13.4. The van der Waals surface area contributed by atoms with Crippen LogP contribution < -0.4 is 28.4 Å². The molecule has 3 aromatic carbocycles. The van der Waals surface area contributed by atoms with Crippen LogP contribution in [0.15, 0.2) is 30.3 Å². The highest BCUT2D eigenvalue weighted by Crippen LogP contribution is 2.59. The first-order valence-electron chi connectivity index (χ1n) is 16.0. The molecule has 48 heavy (non-hydrogen) atoms. The molecule has 11 nitrogen and oxygen atoms in total. The normalized spacial score (nSPS) is 22.7. The fourth-order valence-electron chi connectivity index (χ4n) is 8.55. The third-order valence-electron chi connectivity index (χ3n) is 10.4. The van der Waals surface area contributed by atoms with Gasteiger partial charge in [-0.3, -0.25) is 9.80 Å². The molecule has 0 aromatic heterocycles. The summed E-state index contributed by atoms with van der Waals surface area (Å²) < 4.78 is 42.2. The lowest BCUT2D eigenvalue weighted by molar-refractivity contribution is -0.0847. The fraction of sp³-hybridized carbons (Fsp3) is 0.459. The van der Waals surface area contributed by atoms with Crippen molar-refractivity contribution in [3.8, 4) is 40.6 Å². The molecule has 0 aliphatic carbocycles. The van der Waals surface area contributed by atoms with Gasteiger partial charge in [-0.25, -0.2) is 4.79 Å². The monoisotopic (exact) mass is 657 g/mol. The van der Waals surface area contributed by atoms with Crippen LogP contribution in [0.3, 0.4) is 0 Å². The zero-order valence-corrected chi connectivity index (χ0v) is 29.0. The third-order valence-corrected chi connectivity index (χ3v) is 10.4. The molecule has 1 fully saturated rings. The van der Waals surface area contributed by atoms with Crippen molar-refractivity contribution in [2.24, 2.45) is 0 Å². The number of carbonyl (C=O) groups is 1. The number of nitrogens with zero attached hydrogens (tertiary/aromatic N) is 3. The molecule has 6 rings (SSSR count). The Hall–Kier alpha value is -4.66. The first-order valence-corrected chi connectivity index (χ1v) is 16.0. The second-order valence-corrected chi connectivity index (χ2v) is 12.4. The molecule has 254 valence electrons. The van der Waals surface area contributed by atoms with Gasteiger partial charge in [0.25, 0.3) is 0 Å².